The average Bonchev–Trinajstić information content (AvgIpc) is 2.87. The summed E-state index contributed by atoms with van der Waals surface area (Å²) >= 11 is 0. The molecule has 1 aliphatic rings. The molecule has 6 nitrogen and oxygen atoms in total. The van der Waals surface area contributed by atoms with Gasteiger partial charge >= 0.3 is 7.12 Å². The average molecular weight is 284 g/mol. The summed E-state index contributed by atoms with van der Waals surface area (Å²) in [4.78, 5) is 4.29. The van der Waals surface area contributed by atoms with Gasteiger partial charge in [-0.15, -0.1) is 0 Å². The van der Waals surface area contributed by atoms with Crippen LogP contribution < -0.4 is 5.46 Å². The summed E-state index contributed by atoms with van der Waals surface area (Å²) in [5.41, 5.74) is 0.919. The number of rotatable bonds is 1. The van der Waals surface area contributed by atoms with Crippen LogP contribution in [0.15, 0.2) is 12.3 Å². The highest BCUT2D eigenvalue weighted by atomic mass is 16.7. The quantitative estimate of drug-likeness (QED) is 0.734. The van der Waals surface area contributed by atoms with Gasteiger partial charge in [0.15, 0.2) is 5.65 Å². The van der Waals surface area contributed by atoms with E-state index in [0.717, 1.165) is 10.8 Å². The third-order valence-corrected chi connectivity index (χ3v) is 4.36. The molecule has 2 aromatic heterocycles. The van der Waals surface area contributed by atoms with E-state index in [1.165, 1.54) is 0 Å². The summed E-state index contributed by atoms with van der Waals surface area (Å²) in [5.74, 6) is 0. The van der Waals surface area contributed by atoms with Gasteiger partial charge in [0.2, 0.25) is 0 Å². The smallest absolute Gasteiger partial charge is 0.399 e. The van der Waals surface area contributed by atoms with Crippen molar-refractivity contribution in [1.82, 2.24) is 14.8 Å². The predicted octanol–water partition coefficient (Wildman–Crippen LogP) is 1.14. The molecule has 0 N–H and O–H groups in total. The number of pyridine rings is 1. The van der Waals surface area contributed by atoms with E-state index in [1.807, 2.05) is 27.7 Å². The molecule has 7 heteroatoms. The zero-order chi connectivity index (χ0) is 15.4. The Hall–Kier alpha value is -1.91. The minimum Gasteiger partial charge on any atom is -0.399 e. The molecule has 0 amide bonds. The van der Waals surface area contributed by atoms with Crippen molar-refractivity contribution >= 4 is 23.6 Å². The number of hydrogen-bond acceptors (Lipinski definition) is 5. The van der Waals surface area contributed by atoms with Gasteiger partial charge in [0.25, 0.3) is 0 Å². The summed E-state index contributed by atoms with van der Waals surface area (Å²) in [6.07, 6.45) is 1.73. The molecule has 3 heterocycles. The van der Waals surface area contributed by atoms with Gasteiger partial charge in [0.05, 0.1) is 17.4 Å². The van der Waals surface area contributed by atoms with Crippen molar-refractivity contribution in [2.75, 3.05) is 0 Å². The third-order valence-electron chi connectivity index (χ3n) is 4.36. The van der Waals surface area contributed by atoms with Crippen LogP contribution in [-0.4, -0.2) is 33.1 Å². The highest BCUT2D eigenvalue weighted by Gasteiger charge is 2.52. The number of nitrogens with zero attached hydrogens (tertiary/aromatic N) is 4. The van der Waals surface area contributed by atoms with Gasteiger partial charge < -0.3 is 9.31 Å². The molecule has 2 aromatic rings. The van der Waals surface area contributed by atoms with Crippen LogP contribution in [0.1, 0.15) is 33.4 Å². The van der Waals surface area contributed by atoms with E-state index in [2.05, 4.69) is 16.2 Å². The predicted molar refractivity (Wildman–Crippen MR) is 78.9 cm³/mol. The van der Waals surface area contributed by atoms with Gasteiger partial charge in [-0.3, -0.25) is 4.68 Å². The van der Waals surface area contributed by atoms with E-state index in [0.29, 0.717) is 11.3 Å². The molecule has 21 heavy (non-hydrogen) atoms. The highest BCUT2D eigenvalue weighted by molar-refractivity contribution is 6.65. The Morgan fingerprint density at radius 1 is 1.24 bits per heavy atom. The number of aromatic nitrogens is 3. The second-order valence-electron chi connectivity index (χ2n) is 6.30. The first-order chi connectivity index (χ1) is 9.75. The third kappa shape index (κ3) is 2.03. The molecular formula is C14H17BN4O2. The van der Waals surface area contributed by atoms with Crippen molar-refractivity contribution < 1.29 is 9.31 Å². The zero-order valence-electron chi connectivity index (χ0n) is 12.8. The molecule has 0 saturated carbocycles. The molecule has 0 radical (unpaired) electrons. The number of hydrogen-bond donors (Lipinski definition) is 0. The lowest BCUT2D eigenvalue weighted by Gasteiger charge is -2.32. The number of fused-ring (bicyclic) bond motifs is 1. The lowest BCUT2D eigenvalue weighted by atomic mass is 9.77. The Morgan fingerprint density at radius 2 is 1.86 bits per heavy atom. The SMILES string of the molecule is Cn1ncc2c(B3OC(C)(C)C(C)(C)O3)cc(C#N)nc21. The number of aryl methyl sites for hydroxylation is 1. The van der Waals surface area contributed by atoms with Crippen LogP contribution in [0.5, 0.6) is 0 Å². The second-order valence-corrected chi connectivity index (χ2v) is 6.30. The van der Waals surface area contributed by atoms with Gasteiger partial charge in [-0.2, -0.15) is 10.4 Å². The largest absolute Gasteiger partial charge is 0.495 e. The molecule has 1 fully saturated rings. The van der Waals surface area contributed by atoms with E-state index in [9.17, 15) is 5.26 Å². The molecule has 0 aromatic carbocycles. The molecule has 0 bridgehead atoms. The second kappa shape index (κ2) is 4.29. The summed E-state index contributed by atoms with van der Waals surface area (Å²) in [7, 11) is 1.27. The monoisotopic (exact) mass is 284 g/mol. The van der Waals surface area contributed by atoms with Gasteiger partial charge in [0, 0.05) is 12.4 Å². The minimum atomic E-state index is -0.531. The van der Waals surface area contributed by atoms with Crippen LogP contribution in [0.25, 0.3) is 11.0 Å². The van der Waals surface area contributed by atoms with Crippen LogP contribution in [0, 0.1) is 11.3 Å². The van der Waals surface area contributed by atoms with Crippen molar-refractivity contribution in [3.8, 4) is 6.07 Å². The van der Waals surface area contributed by atoms with Crippen LogP contribution in [0.4, 0.5) is 0 Å². The normalized spacial score (nSPS) is 19.9. The summed E-state index contributed by atoms with van der Waals surface area (Å²) in [6.45, 7) is 8.00. The zero-order valence-corrected chi connectivity index (χ0v) is 12.8. The first-order valence-corrected chi connectivity index (χ1v) is 6.83. The topological polar surface area (TPSA) is 73.0 Å². The Bertz CT molecular complexity index is 744. The Labute approximate surface area is 123 Å². The molecule has 0 aliphatic carbocycles. The molecule has 1 saturated heterocycles. The molecule has 0 spiro atoms. The van der Waals surface area contributed by atoms with E-state index >= 15 is 0 Å². The molecule has 1 aliphatic heterocycles. The van der Waals surface area contributed by atoms with Crippen molar-refractivity contribution in [2.24, 2.45) is 7.05 Å². The van der Waals surface area contributed by atoms with E-state index < -0.39 is 18.3 Å². The van der Waals surface area contributed by atoms with Crippen molar-refractivity contribution in [3.05, 3.63) is 18.0 Å². The Kier molecular flexibility index (Phi) is 2.87. The molecule has 3 rings (SSSR count). The summed E-state index contributed by atoms with van der Waals surface area (Å²) in [5, 5.41) is 14.2. The molecule has 108 valence electrons. The lowest BCUT2D eigenvalue weighted by Crippen LogP contribution is -2.41. The van der Waals surface area contributed by atoms with Crippen molar-refractivity contribution in [1.29, 1.82) is 5.26 Å². The Morgan fingerprint density at radius 3 is 2.43 bits per heavy atom. The van der Waals surface area contributed by atoms with Gasteiger partial charge in [-0.25, -0.2) is 4.98 Å². The van der Waals surface area contributed by atoms with Gasteiger partial charge in [-0.05, 0) is 39.2 Å². The van der Waals surface area contributed by atoms with E-state index in [-0.39, 0.29) is 0 Å². The fourth-order valence-electron chi connectivity index (χ4n) is 2.36. The first kappa shape index (κ1) is 14.0. The van der Waals surface area contributed by atoms with Crippen LogP contribution in [0.3, 0.4) is 0 Å². The maximum absolute atomic E-state index is 9.17. The molecule has 0 unspecified atom stereocenters. The van der Waals surface area contributed by atoms with E-state index in [1.54, 1.807) is 24.0 Å². The summed E-state index contributed by atoms with van der Waals surface area (Å²) in [6, 6.07) is 3.79. The summed E-state index contributed by atoms with van der Waals surface area (Å²) < 4.78 is 13.8. The van der Waals surface area contributed by atoms with Crippen LogP contribution in [0.2, 0.25) is 0 Å². The minimum absolute atomic E-state index is 0.329. The van der Waals surface area contributed by atoms with E-state index in [4.69, 9.17) is 9.31 Å². The number of nitriles is 1. The standard InChI is InChI=1S/C14H17BN4O2/c1-13(2)14(3,4)21-15(20-13)11-6-9(7-16)18-12-10(11)8-17-19(12)5/h6,8H,1-5H3. The lowest BCUT2D eigenvalue weighted by molar-refractivity contribution is 0.00578. The van der Waals surface area contributed by atoms with Gasteiger partial charge in [0.1, 0.15) is 11.8 Å². The maximum Gasteiger partial charge on any atom is 0.495 e. The molecular weight excluding hydrogens is 267 g/mol. The highest BCUT2D eigenvalue weighted by Crippen LogP contribution is 2.36. The van der Waals surface area contributed by atoms with Crippen LogP contribution in [-0.2, 0) is 16.4 Å². The van der Waals surface area contributed by atoms with Crippen molar-refractivity contribution in [2.45, 2.75) is 38.9 Å². The fourth-order valence-corrected chi connectivity index (χ4v) is 2.36. The Balaban J connectivity index is 2.16. The van der Waals surface area contributed by atoms with Crippen LogP contribution >= 0.6 is 0 Å². The first-order valence-electron chi connectivity index (χ1n) is 6.83. The van der Waals surface area contributed by atoms with Crippen molar-refractivity contribution in [3.63, 3.8) is 0 Å². The fraction of sp³-hybridized carbons (Fsp3) is 0.500. The molecule has 0 atom stereocenters. The maximum atomic E-state index is 9.17. The van der Waals surface area contributed by atoms with Gasteiger partial charge in [-0.1, -0.05) is 0 Å².